The average Bonchev–Trinajstić information content (AvgIpc) is 3.16. The van der Waals surface area contributed by atoms with Gasteiger partial charge >= 0.3 is 0 Å². The number of nitrogens with zero attached hydrogens (tertiary/aromatic N) is 1. The van der Waals surface area contributed by atoms with Crippen LogP contribution in [0.5, 0.6) is 0 Å². The molecular formula is C22H16Cl2N2S. The van der Waals surface area contributed by atoms with E-state index in [0.29, 0.717) is 10.0 Å². The van der Waals surface area contributed by atoms with Crippen molar-refractivity contribution in [2.75, 3.05) is 6.26 Å². The van der Waals surface area contributed by atoms with Gasteiger partial charge in [0.15, 0.2) is 0 Å². The number of thioether (sulfide) groups is 1. The fraction of sp³-hybridized carbons (Fsp3) is 0.0455. The molecule has 0 aliphatic carbocycles. The molecule has 4 aromatic rings. The lowest BCUT2D eigenvalue weighted by Crippen LogP contribution is -1.85. The summed E-state index contributed by atoms with van der Waals surface area (Å²) < 4.78 is 0. The first kappa shape index (κ1) is 18.2. The molecule has 0 bridgehead atoms. The normalized spacial score (nSPS) is 10.9. The van der Waals surface area contributed by atoms with Crippen LogP contribution in [0.4, 0.5) is 0 Å². The lowest BCUT2D eigenvalue weighted by molar-refractivity contribution is 1.30. The number of imidazole rings is 1. The highest BCUT2D eigenvalue weighted by molar-refractivity contribution is 7.98. The van der Waals surface area contributed by atoms with Crippen molar-refractivity contribution in [3.63, 3.8) is 0 Å². The fourth-order valence-electron chi connectivity index (χ4n) is 2.96. The van der Waals surface area contributed by atoms with E-state index in [4.69, 9.17) is 28.2 Å². The van der Waals surface area contributed by atoms with Crippen LogP contribution in [0, 0.1) is 0 Å². The molecule has 1 aromatic heterocycles. The minimum Gasteiger partial charge on any atom is -0.337 e. The predicted octanol–water partition coefficient (Wildman–Crippen LogP) is 7.44. The van der Waals surface area contributed by atoms with Crippen molar-refractivity contribution < 1.29 is 0 Å². The Morgan fingerprint density at radius 3 is 2.26 bits per heavy atom. The van der Waals surface area contributed by atoms with Crippen molar-refractivity contribution in [1.29, 1.82) is 0 Å². The molecule has 1 N–H and O–H groups in total. The second-order valence-corrected chi connectivity index (χ2v) is 7.67. The minimum absolute atomic E-state index is 0.518. The molecule has 2 nitrogen and oxygen atoms in total. The van der Waals surface area contributed by atoms with Crippen molar-refractivity contribution in [3.05, 3.63) is 82.8 Å². The summed E-state index contributed by atoms with van der Waals surface area (Å²) >= 11 is 14.5. The number of aromatic nitrogens is 2. The van der Waals surface area contributed by atoms with Crippen LogP contribution in [-0.4, -0.2) is 16.2 Å². The largest absolute Gasteiger partial charge is 0.337 e. The first-order valence-corrected chi connectivity index (χ1v) is 10.4. The predicted molar refractivity (Wildman–Crippen MR) is 117 cm³/mol. The third-order valence-electron chi connectivity index (χ3n) is 4.34. The van der Waals surface area contributed by atoms with E-state index < -0.39 is 0 Å². The maximum absolute atomic E-state index is 6.50. The minimum atomic E-state index is 0.518. The van der Waals surface area contributed by atoms with Gasteiger partial charge in [-0.2, -0.15) is 0 Å². The summed E-state index contributed by atoms with van der Waals surface area (Å²) in [7, 11) is 0. The maximum atomic E-state index is 6.50. The van der Waals surface area contributed by atoms with Gasteiger partial charge in [-0.3, -0.25) is 0 Å². The Kier molecular flexibility index (Phi) is 5.26. The summed E-state index contributed by atoms with van der Waals surface area (Å²) in [6.45, 7) is 0. The van der Waals surface area contributed by atoms with Crippen LogP contribution in [0.3, 0.4) is 0 Å². The number of benzene rings is 3. The highest BCUT2D eigenvalue weighted by atomic mass is 35.5. The smallest absolute Gasteiger partial charge is 0.138 e. The molecule has 0 radical (unpaired) electrons. The van der Waals surface area contributed by atoms with E-state index >= 15 is 0 Å². The molecule has 0 saturated heterocycles. The Morgan fingerprint density at radius 2 is 1.56 bits per heavy atom. The molecule has 0 spiro atoms. The van der Waals surface area contributed by atoms with Crippen molar-refractivity contribution in [3.8, 4) is 33.9 Å². The van der Waals surface area contributed by atoms with E-state index in [1.54, 1.807) is 17.8 Å². The average molecular weight is 411 g/mol. The molecule has 0 amide bonds. The summed E-state index contributed by atoms with van der Waals surface area (Å²) in [6, 6.07) is 24.0. The standard InChI is InChI=1S/C22H16Cl2N2S/c1-27-16-12-10-15(11-13-16)22-25-20(14-6-3-2-4-7-14)21(26-22)17-8-5-9-18(23)19(17)24/h2-13H,1H3,(H,25,26). The van der Waals surface area contributed by atoms with Crippen LogP contribution in [0.15, 0.2) is 77.7 Å². The van der Waals surface area contributed by atoms with Gasteiger partial charge in [-0.25, -0.2) is 4.98 Å². The van der Waals surface area contributed by atoms with E-state index in [1.165, 1.54) is 4.90 Å². The van der Waals surface area contributed by atoms with Gasteiger partial charge in [-0.15, -0.1) is 11.8 Å². The third kappa shape index (κ3) is 3.63. The number of aromatic amines is 1. The molecular weight excluding hydrogens is 395 g/mol. The van der Waals surface area contributed by atoms with Crippen LogP contribution in [0.25, 0.3) is 33.9 Å². The first-order valence-electron chi connectivity index (χ1n) is 8.41. The molecule has 5 heteroatoms. The summed E-state index contributed by atoms with van der Waals surface area (Å²) in [5, 5.41) is 1.04. The number of H-pyrrole nitrogens is 1. The van der Waals surface area contributed by atoms with Crippen LogP contribution in [0.2, 0.25) is 10.0 Å². The van der Waals surface area contributed by atoms with Crippen molar-refractivity contribution in [2.45, 2.75) is 4.90 Å². The molecule has 3 aromatic carbocycles. The summed E-state index contributed by atoms with van der Waals surface area (Å²) in [5.41, 5.74) is 4.59. The molecule has 0 aliphatic rings. The van der Waals surface area contributed by atoms with Crippen LogP contribution < -0.4 is 0 Å². The maximum Gasteiger partial charge on any atom is 0.138 e. The van der Waals surface area contributed by atoms with Gasteiger partial charge in [0.2, 0.25) is 0 Å². The third-order valence-corrected chi connectivity index (χ3v) is 5.90. The number of nitrogens with one attached hydrogen (secondary N) is 1. The molecule has 4 rings (SSSR count). The second-order valence-electron chi connectivity index (χ2n) is 6.00. The zero-order valence-electron chi connectivity index (χ0n) is 14.5. The molecule has 0 aliphatic heterocycles. The highest BCUT2D eigenvalue weighted by Gasteiger charge is 2.18. The SMILES string of the molecule is CSc1ccc(-c2nc(-c3ccccc3)c(-c3cccc(Cl)c3Cl)[nH]2)cc1. The quantitative estimate of drug-likeness (QED) is 0.354. The molecule has 0 unspecified atom stereocenters. The van der Waals surface area contributed by atoms with Gasteiger partial charge in [0.25, 0.3) is 0 Å². The van der Waals surface area contributed by atoms with Crippen molar-refractivity contribution >= 4 is 35.0 Å². The van der Waals surface area contributed by atoms with E-state index in [1.807, 2.05) is 42.5 Å². The molecule has 0 fully saturated rings. The molecule has 27 heavy (non-hydrogen) atoms. The lowest BCUT2D eigenvalue weighted by atomic mass is 10.1. The summed E-state index contributed by atoms with van der Waals surface area (Å²) in [6.07, 6.45) is 2.06. The van der Waals surface area contributed by atoms with Gasteiger partial charge < -0.3 is 4.98 Å². The zero-order valence-corrected chi connectivity index (χ0v) is 16.9. The van der Waals surface area contributed by atoms with E-state index in [9.17, 15) is 0 Å². The van der Waals surface area contributed by atoms with E-state index in [2.05, 4.69) is 35.5 Å². The Morgan fingerprint density at radius 1 is 0.815 bits per heavy atom. The Labute approximate surface area is 172 Å². The van der Waals surface area contributed by atoms with Crippen LogP contribution in [0.1, 0.15) is 0 Å². The van der Waals surface area contributed by atoms with Gasteiger partial charge in [0.05, 0.1) is 21.4 Å². The zero-order chi connectivity index (χ0) is 18.8. The van der Waals surface area contributed by atoms with Gasteiger partial charge in [-0.1, -0.05) is 77.8 Å². The Balaban J connectivity index is 1.91. The Hall–Kier alpha value is -2.20. The monoisotopic (exact) mass is 410 g/mol. The summed E-state index contributed by atoms with van der Waals surface area (Å²) in [4.78, 5) is 9.56. The fourth-order valence-corrected chi connectivity index (χ4v) is 3.76. The van der Waals surface area contributed by atoms with Crippen LogP contribution in [-0.2, 0) is 0 Å². The van der Waals surface area contributed by atoms with Gasteiger partial charge in [0, 0.05) is 21.6 Å². The topological polar surface area (TPSA) is 28.7 Å². The molecule has 0 saturated carbocycles. The summed E-state index contributed by atoms with van der Waals surface area (Å²) in [5.74, 6) is 0.799. The molecule has 1 heterocycles. The number of hydrogen-bond acceptors (Lipinski definition) is 2. The lowest BCUT2D eigenvalue weighted by Gasteiger charge is -2.06. The van der Waals surface area contributed by atoms with Crippen molar-refractivity contribution in [2.24, 2.45) is 0 Å². The molecule has 0 atom stereocenters. The second kappa shape index (κ2) is 7.81. The van der Waals surface area contributed by atoms with E-state index in [-0.39, 0.29) is 0 Å². The highest BCUT2D eigenvalue weighted by Crippen LogP contribution is 2.39. The first-order chi connectivity index (χ1) is 13.2. The number of hydrogen-bond donors (Lipinski definition) is 1. The van der Waals surface area contributed by atoms with E-state index in [0.717, 1.165) is 33.9 Å². The van der Waals surface area contributed by atoms with Crippen LogP contribution >= 0.6 is 35.0 Å². The Bertz CT molecular complexity index is 1070. The van der Waals surface area contributed by atoms with Crippen molar-refractivity contribution in [1.82, 2.24) is 9.97 Å². The van der Waals surface area contributed by atoms with Gasteiger partial charge in [0.1, 0.15) is 5.82 Å². The number of halogens is 2. The van der Waals surface area contributed by atoms with Gasteiger partial charge in [-0.05, 0) is 24.5 Å². The molecule has 134 valence electrons. The number of rotatable bonds is 4.